The van der Waals surface area contributed by atoms with E-state index in [2.05, 4.69) is 15.1 Å². The van der Waals surface area contributed by atoms with Crippen molar-refractivity contribution in [1.82, 2.24) is 15.1 Å². The van der Waals surface area contributed by atoms with Gasteiger partial charge in [-0.2, -0.15) is 4.98 Å². The summed E-state index contributed by atoms with van der Waals surface area (Å²) >= 11 is 0. The summed E-state index contributed by atoms with van der Waals surface area (Å²) in [5, 5.41) is 14.1. The van der Waals surface area contributed by atoms with Gasteiger partial charge in [-0.05, 0) is 38.8 Å². The molecule has 1 saturated carbocycles. The van der Waals surface area contributed by atoms with Crippen LogP contribution in [0.15, 0.2) is 16.7 Å². The van der Waals surface area contributed by atoms with Gasteiger partial charge >= 0.3 is 0 Å². The molecule has 1 fully saturated rings. The zero-order valence-corrected chi connectivity index (χ0v) is 11.8. The summed E-state index contributed by atoms with van der Waals surface area (Å²) in [5.74, 6) is 1.11. The van der Waals surface area contributed by atoms with E-state index < -0.39 is 0 Å². The molecular formula is C15H19N3O2. The largest absolute Gasteiger partial charge is 0.392 e. The van der Waals surface area contributed by atoms with Gasteiger partial charge in [-0.3, -0.25) is 4.98 Å². The predicted octanol–water partition coefficient (Wildman–Crippen LogP) is 2.77. The maximum atomic E-state index is 10.1. The van der Waals surface area contributed by atoms with Crippen LogP contribution in [0.25, 0.3) is 11.4 Å². The molecule has 0 bridgehead atoms. The maximum absolute atomic E-state index is 10.1. The lowest BCUT2D eigenvalue weighted by Gasteiger charge is -2.24. The topological polar surface area (TPSA) is 72.0 Å². The first-order chi connectivity index (χ1) is 9.63. The Balaban J connectivity index is 1.89. The molecule has 0 amide bonds. The van der Waals surface area contributed by atoms with E-state index in [9.17, 15) is 5.11 Å². The van der Waals surface area contributed by atoms with Crippen LogP contribution in [0.5, 0.6) is 0 Å². The van der Waals surface area contributed by atoms with E-state index in [4.69, 9.17) is 4.52 Å². The Morgan fingerprint density at radius 3 is 2.50 bits per heavy atom. The molecule has 2 heterocycles. The van der Waals surface area contributed by atoms with Crippen LogP contribution in [0, 0.1) is 13.8 Å². The van der Waals surface area contributed by atoms with Crippen molar-refractivity contribution < 1.29 is 9.63 Å². The number of pyridine rings is 1. The Hall–Kier alpha value is -1.75. The van der Waals surface area contributed by atoms with Crippen LogP contribution in [-0.2, 0) is 0 Å². The Labute approximate surface area is 118 Å². The number of aryl methyl sites for hydroxylation is 2. The second kappa shape index (κ2) is 5.32. The summed E-state index contributed by atoms with van der Waals surface area (Å²) in [7, 11) is 0. The van der Waals surface area contributed by atoms with Gasteiger partial charge in [0, 0.05) is 17.0 Å². The van der Waals surface area contributed by atoms with E-state index in [1.165, 1.54) is 0 Å². The van der Waals surface area contributed by atoms with Crippen LogP contribution in [0.4, 0.5) is 0 Å². The first-order valence-corrected chi connectivity index (χ1v) is 7.11. The molecule has 20 heavy (non-hydrogen) atoms. The first-order valence-electron chi connectivity index (χ1n) is 7.11. The quantitative estimate of drug-likeness (QED) is 0.910. The van der Waals surface area contributed by atoms with Crippen molar-refractivity contribution >= 4 is 0 Å². The number of hydrogen-bond acceptors (Lipinski definition) is 5. The predicted molar refractivity (Wildman–Crippen MR) is 74.2 cm³/mol. The lowest BCUT2D eigenvalue weighted by molar-refractivity contribution is 0.0908. The van der Waals surface area contributed by atoms with E-state index in [0.717, 1.165) is 42.6 Å². The van der Waals surface area contributed by atoms with Gasteiger partial charge < -0.3 is 9.63 Å². The lowest BCUT2D eigenvalue weighted by Crippen LogP contribution is -2.22. The number of aliphatic hydroxyl groups excluding tert-OH is 1. The molecule has 1 aliphatic carbocycles. The fourth-order valence-electron chi connectivity index (χ4n) is 2.87. The van der Waals surface area contributed by atoms with Gasteiger partial charge in [0.05, 0.1) is 12.0 Å². The van der Waals surface area contributed by atoms with Crippen molar-refractivity contribution in [1.29, 1.82) is 0 Å². The van der Waals surface area contributed by atoms with Crippen LogP contribution < -0.4 is 0 Å². The standard InChI is InChI=1S/C15H19N3O2/c1-9-7-11(8-10(2)16-9)14-17-15(20-18-14)12-5-3-4-6-13(12)19/h7-8,12-13,19H,3-6H2,1-2H3. The number of rotatable bonds is 2. The van der Waals surface area contributed by atoms with Crippen molar-refractivity contribution in [2.24, 2.45) is 0 Å². The number of aliphatic hydroxyl groups is 1. The second-order valence-electron chi connectivity index (χ2n) is 5.55. The van der Waals surface area contributed by atoms with E-state index in [1.54, 1.807) is 0 Å². The van der Waals surface area contributed by atoms with Crippen molar-refractivity contribution in [2.75, 3.05) is 0 Å². The van der Waals surface area contributed by atoms with Gasteiger partial charge in [0.25, 0.3) is 0 Å². The fraction of sp³-hybridized carbons (Fsp3) is 0.533. The maximum Gasteiger partial charge on any atom is 0.232 e. The third-order valence-corrected chi connectivity index (χ3v) is 3.83. The molecule has 1 N–H and O–H groups in total. The van der Waals surface area contributed by atoms with Crippen molar-refractivity contribution in [3.05, 3.63) is 29.4 Å². The summed E-state index contributed by atoms with van der Waals surface area (Å²) in [6, 6.07) is 3.89. The average molecular weight is 273 g/mol. The Morgan fingerprint density at radius 2 is 1.80 bits per heavy atom. The van der Waals surface area contributed by atoms with Crippen molar-refractivity contribution in [2.45, 2.75) is 51.6 Å². The number of hydrogen-bond donors (Lipinski definition) is 1. The van der Waals surface area contributed by atoms with E-state index in [1.807, 2.05) is 26.0 Å². The smallest absolute Gasteiger partial charge is 0.232 e. The summed E-state index contributed by atoms with van der Waals surface area (Å²) < 4.78 is 5.37. The number of aromatic nitrogens is 3. The van der Waals surface area contributed by atoms with Crippen LogP contribution in [0.1, 0.15) is 48.9 Å². The number of nitrogens with zero attached hydrogens (tertiary/aromatic N) is 3. The zero-order chi connectivity index (χ0) is 14.1. The van der Waals surface area contributed by atoms with Gasteiger partial charge in [0.2, 0.25) is 11.7 Å². The minimum atomic E-state index is -0.363. The molecule has 2 atom stereocenters. The highest BCUT2D eigenvalue weighted by Gasteiger charge is 2.29. The summed E-state index contributed by atoms with van der Waals surface area (Å²) in [6.45, 7) is 3.89. The Kier molecular flexibility index (Phi) is 3.53. The molecule has 5 heteroatoms. The molecule has 2 aromatic heterocycles. The molecule has 106 valence electrons. The SMILES string of the molecule is Cc1cc(-c2noc(C3CCCCC3O)n2)cc(C)n1. The molecule has 0 spiro atoms. The Bertz CT molecular complexity index is 589. The molecule has 0 saturated heterocycles. The molecule has 2 unspecified atom stereocenters. The summed E-state index contributed by atoms with van der Waals surface area (Å²) in [6.07, 6.45) is 3.54. The highest BCUT2D eigenvalue weighted by atomic mass is 16.5. The fourth-order valence-corrected chi connectivity index (χ4v) is 2.87. The lowest BCUT2D eigenvalue weighted by atomic mass is 9.86. The second-order valence-corrected chi connectivity index (χ2v) is 5.55. The first kappa shape index (κ1) is 13.2. The molecule has 0 radical (unpaired) electrons. The van der Waals surface area contributed by atoms with Gasteiger partial charge in [-0.15, -0.1) is 0 Å². The van der Waals surface area contributed by atoms with Gasteiger partial charge in [-0.1, -0.05) is 18.0 Å². The van der Waals surface area contributed by atoms with E-state index in [-0.39, 0.29) is 12.0 Å². The molecule has 1 aliphatic rings. The molecule has 3 rings (SSSR count). The van der Waals surface area contributed by atoms with E-state index in [0.29, 0.717) is 11.7 Å². The highest BCUT2D eigenvalue weighted by Crippen LogP contribution is 2.33. The highest BCUT2D eigenvalue weighted by molar-refractivity contribution is 5.55. The average Bonchev–Trinajstić information content (AvgIpc) is 2.87. The molecular weight excluding hydrogens is 254 g/mol. The zero-order valence-electron chi connectivity index (χ0n) is 11.8. The molecule has 0 aromatic carbocycles. The Morgan fingerprint density at radius 1 is 1.10 bits per heavy atom. The van der Waals surface area contributed by atoms with Gasteiger partial charge in [0.15, 0.2) is 0 Å². The van der Waals surface area contributed by atoms with Crippen molar-refractivity contribution in [3.63, 3.8) is 0 Å². The minimum Gasteiger partial charge on any atom is -0.392 e. The van der Waals surface area contributed by atoms with Crippen LogP contribution in [0.2, 0.25) is 0 Å². The monoisotopic (exact) mass is 273 g/mol. The van der Waals surface area contributed by atoms with E-state index >= 15 is 0 Å². The third kappa shape index (κ3) is 2.58. The summed E-state index contributed by atoms with van der Waals surface area (Å²) in [4.78, 5) is 8.81. The van der Waals surface area contributed by atoms with Crippen LogP contribution in [-0.4, -0.2) is 26.3 Å². The van der Waals surface area contributed by atoms with Gasteiger partial charge in [-0.25, -0.2) is 0 Å². The van der Waals surface area contributed by atoms with Crippen molar-refractivity contribution in [3.8, 4) is 11.4 Å². The third-order valence-electron chi connectivity index (χ3n) is 3.83. The molecule has 5 nitrogen and oxygen atoms in total. The van der Waals surface area contributed by atoms with Crippen LogP contribution in [0.3, 0.4) is 0 Å². The normalized spacial score (nSPS) is 22.9. The summed E-state index contributed by atoms with van der Waals surface area (Å²) in [5.41, 5.74) is 2.78. The van der Waals surface area contributed by atoms with Crippen LogP contribution >= 0.6 is 0 Å². The van der Waals surface area contributed by atoms with Gasteiger partial charge in [0.1, 0.15) is 0 Å². The minimum absolute atomic E-state index is 0.0194. The molecule has 2 aromatic rings. The molecule has 0 aliphatic heterocycles.